The van der Waals surface area contributed by atoms with Crippen molar-refractivity contribution in [2.75, 3.05) is 20.2 Å². The van der Waals surface area contributed by atoms with E-state index in [-0.39, 0.29) is 5.91 Å². The van der Waals surface area contributed by atoms with Crippen LogP contribution in [0.5, 0.6) is 5.75 Å². The number of benzene rings is 1. The highest BCUT2D eigenvalue weighted by atomic mass is 32.1. The summed E-state index contributed by atoms with van der Waals surface area (Å²) in [5.41, 5.74) is 0.703. The third-order valence-electron chi connectivity index (χ3n) is 4.07. The fourth-order valence-corrected chi connectivity index (χ4v) is 3.69. The molecule has 1 aromatic heterocycles. The number of nitrogens with zero attached hydrogens (tertiary/aromatic N) is 2. The Balaban J connectivity index is 1.67. The molecule has 0 N–H and O–H groups in total. The molecular weight excluding hydrogens is 296 g/mol. The zero-order valence-electron chi connectivity index (χ0n) is 12.7. The van der Waals surface area contributed by atoms with Gasteiger partial charge in [-0.15, -0.1) is 11.3 Å². The molecule has 116 valence electrons. The second kappa shape index (κ2) is 6.92. The van der Waals surface area contributed by atoms with Crippen LogP contribution in [0.15, 0.2) is 35.8 Å². The zero-order valence-corrected chi connectivity index (χ0v) is 13.5. The predicted octanol–water partition coefficient (Wildman–Crippen LogP) is 3.25. The Morgan fingerprint density at radius 1 is 1.50 bits per heavy atom. The minimum atomic E-state index is 0.0998. The standard InChI is InChI=1S/C17H20N2O2S/c1-21-15-6-2-5-14(11-15)17(20)19-8-3-4-13(12-19)10-16-18-7-9-22-16/h2,5-7,9,11,13H,3-4,8,10,12H2,1H3. The molecule has 0 bridgehead atoms. The molecule has 1 aliphatic heterocycles. The van der Waals surface area contributed by atoms with Crippen LogP contribution in [0.3, 0.4) is 0 Å². The molecule has 4 nitrogen and oxygen atoms in total. The van der Waals surface area contributed by atoms with Gasteiger partial charge in [0.15, 0.2) is 0 Å². The molecule has 22 heavy (non-hydrogen) atoms. The molecule has 1 amide bonds. The van der Waals surface area contributed by atoms with E-state index in [0.717, 1.165) is 31.7 Å². The Morgan fingerprint density at radius 3 is 3.18 bits per heavy atom. The summed E-state index contributed by atoms with van der Waals surface area (Å²) in [6.45, 7) is 1.65. The van der Waals surface area contributed by atoms with E-state index in [1.54, 1.807) is 18.4 Å². The molecule has 1 saturated heterocycles. The van der Waals surface area contributed by atoms with Crippen LogP contribution in [0, 0.1) is 5.92 Å². The average Bonchev–Trinajstić information content (AvgIpc) is 3.07. The second-order valence-electron chi connectivity index (χ2n) is 5.62. The summed E-state index contributed by atoms with van der Waals surface area (Å²) in [5, 5.41) is 3.18. The van der Waals surface area contributed by atoms with Gasteiger partial charge >= 0.3 is 0 Å². The summed E-state index contributed by atoms with van der Waals surface area (Å²) in [6.07, 6.45) is 5.05. The molecule has 5 heteroatoms. The third-order valence-corrected chi connectivity index (χ3v) is 4.87. The van der Waals surface area contributed by atoms with E-state index >= 15 is 0 Å². The van der Waals surface area contributed by atoms with Gasteiger partial charge in [0.25, 0.3) is 5.91 Å². The minimum absolute atomic E-state index is 0.0998. The van der Waals surface area contributed by atoms with E-state index in [1.807, 2.05) is 40.7 Å². The summed E-state index contributed by atoms with van der Waals surface area (Å²) in [6, 6.07) is 7.39. The quantitative estimate of drug-likeness (QED) is 0.869. The second-order valence-corrected chi connectivity index (χ2v) is 6.60. The fourth-order valence-electron chi connectivity index (χ4n) is 2.96. The van der Waals surface area contributed by atoms with Crippen LogP contribution in [-0.2, 0) is 6.42 Å². The van der Waals surface area contributed by atoms with Crippen LogP contribution in [-0.4, -0.2) is 36.0 Å². The van der Waals surface area contributed by atoms with Crippen molar-refractivity contribution in [3.63, 3.8) is 0 Å². The monoisotopic (exact) mass is 316 g/mol. The molecule has 1 aliphatic rings. The fraction of sp³-hybridized carbons (Fsp3) is 0.412. The van der Waals surface area contributed by atoms with E-state index < -0.39 is 0 Å². The minimum Gasteiger partial charge on any atom is -0.497 e. The van der Waals surface area contributed by atoms with Gasteiger partial charge in [-0.1, -0.05) is 6.07 Å². The molecule has 0 spiro atoms. The van der Waals surface area contributed by atoms with Crippen LogP contribution in [0.25, 0.3) is 0 Å². The van der Waals surface area contributed by atoms with Crippen molar-refractivity contribution in [2.45, 2.75) is 19.3 Å². The number of rotatable bonds is 4. The summed E-state index contributed by atoms with van der Waals surface area (Å²) >= 11 is 1.70. The lowest BCUT2D eigenvalue weighted by molar-refractivity contribution is 0.0673. The summed E-state index contributed by atoms with van der Waals surface area (Å²) in [7, 11) is 1.62. The number of ether oxygens (including phenoxy) is 1. The summed E-state index contributed by atoms with van der Waals surface area (Å²) < 4.78 is 5.21. The normalized spacial score (nSPS) is 18.2. The maximum Gasteiger partial charge on any atom is 0.253 e. The van der Waals surface area contributed by atoms with Gasteiger partial charge in [0.1, 0.15) is 5.75 Å². The van der Waals surface area contributed by atoms with Crippen molar-refractivity contribution in [3.8, 4) is 5.75 Å². The summed E-state index contributed by atoms with van der Waals surface area (Å²) in [5.74, 6) is 1.33. The first kappa shape index (κ1) is 15.0. The number of thiazole rings is 1. The molecule has 0 aliphatic carbocycles. The maximum atomic E-state index is 12.7. The highest BCUT2D eigenvalue weighted by Gasteiger charge is 2.25. The highest BCUT2D eigenvalue weighted by molar-refractivity contribution is 7.09. The molecule has 1 unspecified atom stereocenters. The maximum absolute atomic E-state index is 12.7. The van der Waals surface area contributed by atoms with E-state index in [9.17, 15) is 4.79 Å². The van der Waals surface area contributed by atoms with Gasteiger partial charge in [0, 0.05) is 36.7 Å². The van der Waals surface area contributed by atoms with Crippen LogP contribution >= 0.6 is 11.3 Å². The van der Waals surface area contributed by atoms with Crippen LogP contribution < -0.4 is 4.74 Å². The van der Waals surface area contributed by atoms with Gasteiger partial charge in [0.2, 0.25) is 0 Å². The Kier molecular flexibility index (Phi) is 4.73. The number of methoxy groups -OCH3 is 1. The Labute approximate surface area is 134 Å². The van der Waals surface area contributed by atoms with Gasteiger partial charge in [0.05, 0.1) is 12.1 Å². The average molecular weight is 316 g/mol. The first-order chi connectivity index (χ1) is 10.8. The number of amides is 1. The number of carbonyl (C=O) groups excluding carboxylic acids is 1. The van der Waals surface area contributed by atoms with Crippen LogP contribution in [0.2, 0.25) is 0 Å². The highest BCUT2D eigenvalue weighted by Crippen LogP contribution is 2.24. The molecular formula is C17H20N2O2S. The largest absolute Gasteiger partial charge is 0.497 e. The molecule has 2 aromatic rings. The third kappa shape index (κ3) is 3.47. The molecule has 1 fully saturated rings. The number of aromatic nitrogens is 1. The van der Waals surface area contributed by atoms with Crippen molar-refractivity contribution in [2.24, 2.45) is 5.92 Å². The van der Waals surface area contributed by atoms with Crippen molar-refractivity contribution in [1.29, 1.82) is 0 Å². The lowest BCUT2D eigenvalue weighted by Crippen LogP contribution is -2.40. The Morgan fingerprint density at radius 2 is 2.41 bits per heavy atom. The molecule has 1 atom stereocenters. The summed E-state index contributed by atoms with van der Waals surface area (Å²) in [4.78, 5) is 19.0. The number of likely N-dealkylation sites (tertiary alicyclic amines) is 1. The van der Waals surface area contributed by atoms with Crippen molar-refractivity contribution in [1.82, 2.24) is 9.88 Å². The topological polar surface area (TPSA) is 42.4 Å². The van der Waals surface area contributed by atoms with Crippen LogP contribution in [0.4, 0.5) is 0 Å². The smallest absolute Gasteiger partial charge is 0.253 e. The molecule has 0 radical (unpaired) electrons. The van der Waals surface area contributed by atoms with E-state index in [1.165, 1.54) is 11.4 Å². The Hall–Kier alpha value is -1.88. The van der Waals surface area contributed by atoms with E-state index in [4.69, 9.17) is 4.74 Å². The lowest BCUT2D eigenvalue weighted by atomic mass is 9.94. The van der Waals surface area contributed by atoms with Gasteiger partial charge in [-0.25, -0.2) is 4.98 Å². The van der Waals surface area contributed by atoms with Crippen molar-refractivity contribution >= 4 is 17.2 Å². The molecule has 1 aromatic carbocycles. The molecule has 2 heterocycles. The molecule has 0 saturated carbocycles. The number of carbonyl (C=O) groups is 1. The van der Waals surface area contributed by atoms with Crippen molar-refractivity contribution < 1.29 is 9.53 Å². The van der Waals surface area contributed by atoms with Gasteiger partial charge < -0.3 is 9.64 Å². The zero-order chi connectivity index (χ0) is 15.4. The molecule has 3 rings (SSSR count). The number of hydrogen-bond donors (Lipinski definition) is 0. The predicted molar refractivity (Wildman–Crippen MR) is 87.4 cm³/mol. The SMILES string of the molecule is COc1cccc(C(=O)N2CCCC(Cc3nccs3)C2)c1. The number of hydrogen-bond acceptors (Lipinski definition) is 4. The lowest BCUT2D eigenvalue weighted by Gasteiger charge is -2.32. The number of piperidine rings is 1. The van der Waals surface area contributed by atoms with E-state index in [0.29, 0.717) is 11.5 Å². The first-order valence-corrected chi connectivity index (χ1v) is 8.46. The van der Waals surface area contributed by atoms with Gasteiger partial charge in [-0.05, 0) is 37.0 Å². The van der Waals surface area contributed by atoms with Crippen molar-refractivity contribution in [3.05, 3.63) is 46.4 Å². The Bertz CT molecular complexity index is 627. The van der Waals surface area contributed by atoms with E-state index in [2.05, 4.69) is 4.98 Å². The van der Waals surface area contributed by atoms with Gasteiger partial charge in [-0.3, -0.25) is 4.79 Å². The first-order valence-electron chi connectivity index (χ1n) is 7.58. The van der Waals surface area contributed by atoms with Gasteiger partial charge in [-0.2, -0.15) is 0 Å². The van der Waals surface area contributed by atoms with Crippen LogP contribution in [0.1, 0.15) is 28.2 Å².